The Labute approximate surface area is 173 Å². The fourth-order valence-corrected chi connectivity index (χ4v) is 3.57. The lowest BCUT2D eigenvalue weighted by Gasteiger charge is -2.20. The molecule has 0 bridgehead atoms. The molecule has 3 aromatic rings. The van der Waals surface area contributed by atoms with Crippen molar-refractivity contribution in [2.45, 2.75) is 12.7 Å². The predicted molar refractivity (Wildman–Crippen MR) is 106 cm³/mol. The lowest BCUT2D eigenvalue weighted by molar-refractivity contribution is -0.138. The van der Waals surface area contributed by atoms with Crippen LogP contribution in [0.25, 0.3) is 0 Å². The molecule has 0 aliphatic rings. The first kappa shape index (κ1) is 21.5. The van der Waals surface area contributed by atoms with Crippen LogP contribution in [0.15, 0.2) is 60.0 Å². The van der Waals surface area contributed by atoms with Crippen LogP contribution in [0.1, 0.15) is 31.2 Å². The Kier molecular flexibility index (Phi) is 6.21. The summed E-state index contributed by atoms with van der Waals surface area (Å²) in [4.78, 5) is 27.1. The molecule has 0 unspecified atom stereocenters. The van der Waals surface area contributed by atoms with E-state index in [1.54, 1.807) is 35.7 Å². The minimum Gasteiger partial charge on any atom is -0.348 e. The maximum atomic E-state index is 13.3. The van der Waals surface area contributed by atoms with Gasteiger partial charge in [-0.05, 0) is 41.3 Å². The average molecular weight is 436 g/mol. The number of alkyl halides is 3. The minimum atomic E-state index is -4.76. The van der Waals surface area contributed by atoms with Gasteiger partial charge in [-0.2, -0.15) is 13.2 Å². The van der Waals surface area contributed by atoms with Gasteiger partial charge < -0.3 is 10.2 Å². The standard InChI is InChI=1S/C21H16F4N2O2S/c1-27(20(29)18-7-4-10-30-18)17-6-3-2-5-15(17)19(28)26-12-13-8-9-14(22)11-16(13)21(23,24)25/h2-11H,12H2,1H3,(H,26,28). The van der Waals surface area contributed by atoms with E-state index in [-0.39, 0.29) is 17.0 Å². The highest BCUT2D eigenvalue weighted by Crippen LogP contribution is 2.32. The van der Waals surface area contributed by atoms with Gasteiger partial charge in [-0.25, -0.2) is 4.39 Å². The zero-order chi connectivity index (χ0) is 21.9. The summed E-state index contributed by atoms with van der Waals surface area (Å²) in [5.41, 5.74) is -0.983. The molecule has 0 spiro atoms. The van der Waals surface area contributed by atoms with E-state index < -0.39 is 30.0 Å². The molecule has 1 N–H and O–H groups in total. The van der Waals surface area contributed by atoms with Gasteiger partial charge in [0.05, 0.1) is 21.7 Å². The normalized spacial score (nSPS) is 11.2. The van der Waals surface area contributed by atoms with Crippen molar-refractivity contribution in [2.75, 3.05) is 11.9 Å². The monoisotopic (exact) mass is 436 g/mol. The van der Waals surface area contributed by atoms with E-state index >= 15 is 0 Å². The van der Waals surface area contributed by atoms with E-state index in [9.17, 15) is 27.2 Å². The number of rotatable bonds is 5. The van der Waals surface area contributed by atoms with Crippen LogP contribution in [0.3, 0.4) is 0 Å². The number of benzene rings is 2. The first-order valence-corrected chi connectivity index (χ1v) is 9.61. The second-order valence-electron chi connectivity index (χ2n) is 6.34. The van der Waals surface area contributed by atoms with E-state index in [4.69, 9.17) is 0 Å². The van der Waals surface area contributed by atoms with Crippen LogP contribution in [-0.2, 0) is 12.7 Å². The number of hydrogen-bond acceptors (Lipinski definition) is 3. The minimum absolute atomic E-state index is 0.126. The summed E-state index contributed by atoms with van der Waals surface area (Å²) in [6.45, 7) is -0.453. The maximum absolute atomic E-state index is 13.3. The van der Waals surface area contributed by atoms with Crippen molar-refractivity contribution in [3.8, 4) is 0 Å². The highest BCUT2D eigenvalue weighted by Gasteiger charge is 2.33. The topological polar surface area (TPSA) is 49.4 Å². The first-order valence-electron chi connectivity index (χ1n) is 8.73. The van der Waals surface area contributed by atoms with Crippen LogP contribution < -0.4 is 10.2 Å². The van der Waals surface area contributed by atoms with Crippen molar-refractivity contribution < 1.29 is 27.2 Å². The Bertz CT molecular complexity index is 1070. The molecule has 0 aliphatic heterocycles. The largest absolute Gasteiger partial charge is 0.416 e. The summed E-state index contributed by atoms with van der Waals surface area (Å²) in [5, 5.41) is 4.17. The van der Waals surface area contributed by atoms with Gasteiger partial charge >= 0.3 is 6.18 Å². The van der Waals surface area contributed by atoms with Gasteiger partial charge in [0, 0.05) is 13.6 Å². The van der Waals surface area contributed by atoms with E-state index in [2.05, 4.69) is 5.32 Å². The van der Waals surface area contributed by atoms with Crippen LogP contribution in [0.2, 0.25) is 0 Å². The number of hydrogen-bond donors (Lipinski definition) is 1. The molecule has 2 amide bonds. The lowest BCUT2D eigenvalue weighted by atomic mass is 10.1. The van der Waals surface area contributed by atoms with Crippen LogP contribution in [0.4, 0.5) is 23.2 Å². The molecule has 3 rings (SSSR count). The van der Waals surface area contributed by atoms with Crippen molar-refractivity contribution in [2.24, 2.45) is 0 Å². The smallest absolute Gasteiger partial charge is 0.348 e. The summed E-state index contributed by atoms with van der Waals surface area (Å²) in [7, 11) is 1.51. The van der Waals surface area contributed by atoms with Crippen molar-refractivity contribution in [3.05, 3.63) is 87.4 Å². The van der Waals surface area contributed by atoms with Gasteiger partial charge in [-0.3, -0.25) is 9.59 Å². The van der Waals surface area contributed by atoms with Gasteiger partial charge in [-0.1, -0.05) is 24.3 Å². The zero-order valence-corrected chi connectivity index (χ0v) is 16.5. The Balaban J connectivity index is 1.82. The molecule has 0 saturated carbocycles. The average Bonchev–Trinajstić information content (AvgIpc) is 3.25. The fourth-order valence-electron chi connectivity index (χ4n) is 2.87. The van der Waals surface area contributed by atoms with Gasteiger partial charge in [0.25, 0.3) is 11.8 Å². The van der Waals surface area contributed by atoms with E-state index in [1.165, 1.54) is 29.4 Å². The molecule has 2 aromatic carbocycles. The molecule has 0 radical (unpaired) electrons. The van der Waals surface area contributed by atoms with Crippen molar-refractivity contribution in [1.29, 1.82) is 0 Å². The lowest BCUT2D eigenvalue weighted by Crippen LogP contribution is -2.30. The van der Waals surface area contributed by atoms with Gasteiger partial charge in [0.1, 0.15) is 5.82 Å². The third kappa shape index (κ3) is 4.68. The van der Waals surface area contributed by atoms with Crippen LogP contribution in [0, 0.1) is 5.82 Å². The molecule has 156 valence electrons. The molecule has 0 saturated heterocycles. The number of halogens is 4. The van der Waals surface area contributed by atoms with Crippen molar-refractivity contribution in [1.82, 2.24) is 5.32 Å². The van der Waals surface area contributed by atoms with Gasteiger partial charge in [0.15, 0.2) is 0 Å². The Morgan fingerprint density at radius 2 is 1.80 bits per heavy atom. The Hall–Kier alpha value is -3.20. The number of nitrogens with one attached hydrogen (secondary N) is 1. The van der Waals surface area contributed by atoms with E-state index in [1.807, 2.05) is 0 Å². The predicted octanol–water partition coefficient (Wildman–Crippen LogP) is 5.11. The first-order chi connectivity index (χ1) is 14.2. The zero-order valence-electron chi connectivity index (χ0n) is 15.7. The quantitative estimate of drug-likeness (QED) is 0.565. The maximum Gasteiger partial charge on any atom is 0.416 e. The number of carbonyl (C=O) groups excluding carboxylic acids is 2. The fraction of sp³-hybridized carbons (Fsp3) is 0.143. The summed E-state index contributed by atoms with van der Waals surface area (Å²) < 4.78 is 52.7. The van der Waals surface area contributed by atoms with Crippen LogP contribution in [-0.4, -0.2) is 18.9 Å². The van der Waals surface area contributed by atoms with E-state index in [0.717, 1.165) is 12.1 Å². The van der Waals surface area contributed by atoms with Gasteiger partial charge in [0.2, 0.25) is 0 Å². The molecule has 0 atom stereocenters. The summed E-state index contributed by atoms with van der Waals surface area (Å²) in [6, 6.07) is 11.9. The molecule has 30 heavy (non-hydrogen) atoms. The van der Waals surface area contributed by atoms with Crippen molar-refractivity contribution >= 4 is 28.8 Å². The third-order valence-electron chi connectivity index (χ3n) is 4.36. The SMILES string of the molecule is CN(C(=O)c1cccs1)c1ccccc1C(=O)NCc1ccc(F)cc1C(F)(F)F. The van der Waals surface area contributed by atoms with Crippen molar-refractivity contribution in [3.63, 3.8) is 0 Å². The number of carbonyl (C=O) groups is 2. The molecule has 1 heterocycles. The second kappa shape index (κ2) is 8.66. The number of anilines is 1. The highest BCUT2D eigenvalue weighted by molar-refractivity contribution is 7.12. The number of amides is 2. The molecule has 1 aromatic heterocycles. The Morgan fingerprint density at radius 3 is 2.47 bits per heavy atom. The second-order valence-corrected chi connectivity index (χ2v) is 7.29. The van der Waals surface area contributed by atoms with Crippen LogP contribution in [0.5, 0.6) is 0 Å². The van der Waals surface area contributed by atoms with Gasteiger partial charge in [-0.15, -0.1) is 11.3 Å². The van der Waals surface area contributed by atoms with Crippen LogP contribution >= 0.6 is 11.3 Å². The molecule has 0 fully saturated rings. The Morgan fingerprint density at radius 1 is 1.07 bits per heavy atom. The molecular weight excluding hydrogens is 420 g/mol. The third-order valence-corrected chi connectivity index (χ3v) is 5.22. The number of nitrogens with zero attached hydrogens (tertiary/aromatic N) is 1. The van der Waals surface area contributed by atoms with E-state index in [0.29, 0.717) is 16.6 Å². The summed E-state index contributed by atoms with van der Waals surface area (Å²) in [6.07, 6.45) is -4.76. The molecular formula is C21H16F4N2O2S. The summed E-state index contributed by atoms with van der Waals surface area (Å²) in [5.74, 6) is -1.99. The number of thiophene rings is 1. The highest BCUT2D eigenvalue weighted by atomic mass is 32.1. The number of para-hydroxylation sites is 1. The summed E-state index contributed by atoms with van der Waals surface area (Å²) >= 11 is 1.25. The molecule has 0 aliphatic carbocycles. The molecule has 4 nitrogen and oxygen atoms in total. The molecule has 9 heteroatoms.